The fraction of sp³-hybridized carbons (Fsp3) is 0.857. The zero-order chi connectivity index (χ0) is 5.56. The minimum absolute atomic E-state index is 0.870. The van der Waals surface area contributed by atoms with Crippen molar-refractivity contribution in [2.24, 2.45) is 11.8 Å². The van der Waals surface area contributed by atoms with Gasteiger partial charge < -0.3 is 0 Å². The van der Waals surface area contributed by atoms with Gasteiger partial charge in [-0.1, -0.05) is 12.2 Å². The third-order valence-electron chi connectivity index (χ3n) is 2.49. The standard InChI is InChI=1S/C7H10S/c8-7-4-5-1-2-6(7)3-5/h5-6H,1-4H2/t5-,6+/m0/s1. The molecule has 0 aromatic rings. The van der Waals surface area contributed by atoms with Crippen molar-refractivity contribution in [1.82, 2.24) is 0 Å². The van der Waals surface area contributed by atoms with E-state index in [1.807, 2.05) is 0 Å². The molecule has 2 saturated carbocycles. The lowest BCUT2D eigenvalue weighted by Gasteiger charge is -2.07. The van der Waals surface area contributed by atoms with E-state index in [1.165, 1.54) is 30.5 Å². The molecule has 0 aliphatic heterocycles. The molecule has 0 spiro atoms. The van der Waals surface area contributed by atoms with Gasteiger partial charge in [-0.2, -0.15) is 0 Å². The van der Waals surface area contributed by atoms with Crippen molar-refractivity contribution < 1.29 is 0 Å². The fourth-order valence-electron chi connectivity index (χ4n) is 2.00. The van der Waals surface area contributed by atoms with Crippen LogP contribution in [-0.4, -0.2) is 4.86 Å². The average molecular weight is 126 g/mol. The lowest BCUT2D eigenvalue weighted by atomic mass is 10.0. The summed E-state index contributed by atoms with van der Waals surface area (Å²) in [5, 5.41) is 0. The van der Waals surface area contributed by atoms with E-state index in [0.29, 0.717) is 0 Å². The van der Waals surface area contributed by atoms with Crippen LogP contribution in [0.1, 0.15) is 25.7 Å². The summed E-state index contributed by atoms with van der Waals surface area (Å²) in [6.07, 6.45) is 5.58. The molecule has 2 bridgehead atoms. The van der Waals surface area contributed by atoms with E-state index in [4.69, 9.17) is 12.2 Å². The summed E-state index contributed by atoms with van der Waals surface area (Å²) < 4.78 is 0. The molecule has 8 heavy (non-hydrogen) atoms. The number of rotatable bonds is 0. The normalized spacial score (nSPS) is 43.8. The Morgan fingerprint density at radius 1 is 1.38 bits per heavy atom. The highest BCUT2D eigenvalue weighted by atomic mass is 32.1. The summed E-state index contributed by atoms with van der Waals surface area (Å²) in [7, 11) is 0. The molecule has 2 rings (SSSR count). The van der Waals surface area contributed by atoms with Crippen LogP contribution in [-0.2, 0) is 0 Å². The van der Waals surface area contributed by atoms with E-state index in [0.717, 1.165) is 11.8 Å². The van der Waals surface area contributed by atoms with Crippen LogP contribution < -0.4 is 0 Å². The van der Waals surface area contributed by atoms with E-state index < -0.39 is 0 Å². The molecule has 0 nitrogen and oxygen atoms in total. The molecular formula is C7H10S. The molecule has 0 aromatic carbocycles. The summed E-state index contributed by atoms with van der Waals surface area (Å²) in [4.78, 5) is 1.38. The Balaban J connectivity index is 2.22. The monoisotopic (exact) mass is 126 g/mol. The first-order valence-corrected chi connectivity index (χ1v) is 3.80. The molecule has 1 heteroatoms. The average Bonchev–Trinajstić information content (AvgIpc) is 2.23. The van der Waals surface area contributed by atoms with Gasteiger partial charge in [0.05, 0.1) is 0 Å². The topological polar surface area (TPSA) is 0 Å². The molecule has 0 heterocycles. The van der Waals surface area contributed by atoms with Crippen molar-refractivity contribution in [2.75, 3.05) is 0 Å². The highest BCUT2D eigenvalue weighted by molar-refractivity contribution is 7.80. The van der Waals surface area contributed by atoms with Gasteiger partial charge in [0.25, 0.3) is 0 Å². The first kappa shape index (κ1) is 4.92. The molecular weight excluding hydrogens is 116 g/mol. The minimum Gasteiger partial charge on any atom is -0.0894 e. The van der Waals surface area contributed by atoms with E-state index >= 15 is 0 Å². The van der Waals surface area contributed by atoms with Crippen molar-refractivity contribution in [2.45, 2.75) is 25.7 Å². The van der Waals surface area contributed by atoms with Crippen LogP contribution in [0.15, 0.2) is 0 Å². The van der Waals surface area contributed by atoms with Gasteiger partial charge in [0.1, 0.15) is 0 Å². The Morgan fingerprint density at radius 3 is 2.50 bits per heavy atom. The molecule has 2 aliphatic carbocycles. The van der Waals surface area contributed by atoms with Gasteiger partial charge in [-0.05, 0) is 42.4 Å². The molecule has 2 aliphatic rings. The number of hydrogen-bond donors (Lipinski definition) is 0. The second-order valence-electron chi connectivity index (χ2n) is 3.05. The maximum absolute atomic E-state index is 5.17. The molecule has 0 amide bonds. The predicted molar refractivity (Wildman–Crippen MR) is 38.0 cm³/mol. The highest BCUT2D eigenvalue weighted by Gasteiger charge is 2.34. The first-order chi connectivity index (χ1) is 3.86. The lowest BCUT2D eigenvalue weighted by Crippen LogP contribution is -2.04. The van der Waals surface area contributed by atoms with Gasteiger partial charge in [-0.3, -0.25) is 0 Å². The SMILES string of the molecule is S=C1C[C@H]2CC[C@@H]1C2. The van der Waals surface area contributed by atoms with E-state index in [-0.39, 0.29) is 0 Å². The third-order valence-corrected chi connectivity index (χ3v) is 2.99. The summed E-state index contributed by atoms with van der Waals surface area (Å²) in [5.41, 5.74) is 0. The molecule has 0 radical (unpaired) electrons. The highest BCUT2D eigenvalue weighted by Crippen LogP contribution is 2.42. The molecule has 0 saturated heterocycles. The van der Waals surface area contributed by atoms with Crippen LogP contribution in [0, 0.1) is 11.8 Å². The molecule has 0 N–H and O–H groups in total. The van der Waals surface area contributed by atoms with Gasteiger partial charge in [-0.25, -0.2) is 0 Å². The van der Waals surface area contributed by atoms with E-state index in [9.17, 15) is 0 Å². The van der Waals surface area contributed by atoms with Crippen molar-refractivity contribution >= 4 is 17.1 Å². The smallest absolute Gasteiger partial charge is 0.00377 e. The Morgan fingerprint density at radius 2 is 2.25 bits per heavy atom. The number of fused-ring (bicyclic) bond motifs is 2. The van der Waals surface area contributed by atoms with Crippen molar-refractivity contribution in [3.05, 3.63) is 0 Å². The second kappa shape index (κ2) is 1.53. The van der Waals surface area contributed by atoms with Crippen LogP contribution in [0.25, 0.3) is 0 Å². The van der Waals surface area contributed by atoms with Crippen LogP contribution in [0.5, 0.6) is 0 Å². The zero-order valence-electron chi connectivity index (χ0n) is 4.89. The predicted octanol–water partition coefficient (Wildman–Crippen LogP) is 2.18. The molecule has 2 atom stereocenters. The van der Waals surface area contributed by atoms with Gasteiger partial charge in [0.2, 0.25) is 0 Å². The van der Waals surface area contributed by atoms with Crippen LogP contribution in [0.4, 0.5) is 0 Å². The molecule has 2 fully saturated rings. The Hall–Kier alpha value is 0.0900. The van der Waals surface area contributed by atoms with E-state index in [1.54, 1.807) is 0 Å². The van der Waals surface area contributed by atoms with E-state index in [2.05, 4.69) is 0 Å². The largest absolute Gasteiger partial charge is 0.0894 e. The molecule has 44 valence electrons. The summed E-state index contributed by atoms with van der Waals surface area (Å²) in [5.74, 6) is 1.88. The molecule has 0 unspecified atom stereocenters. The summed E-state index contributed by atoms with van der Waals surface area (Å²) in [6.45, 7) is 0. The zero-order valence-corrected chi connectivity index (χ0v) is 5.71. The summed E-state index contributed by atoms with van der Waals surface area (Å²) >= 11 is 5.17. The van der Waals surface area contributed by atoms with Gasteiger partial charge in [0.15, 0.2) is 0 Å². The maximum Gasteiger partial charge on any atom is -0.00377 e. The second-order valence-corrected chi connectivity index (χ2v) is 3.57. The van der Waals surface area contributed by atoms with Crippen molar-refractivity contribution in [1.29, 1.82) is 0 Å². The fourth-order valence-corrected chi connectivity index (χ4v) is 2.45. The Bertz CT molecular complexity index is 128. The number of thiocarbonyl (C=S) groups is 1. The first-order valence-electron chi connectivity index (χ1n) is 3.39. The molecule has 0 aromatic heterocycles. The van der Waals surface area contributed by atoms with Crippen LogP contribution in [0.3, 0.4) is 0 Å². The van der Waals surface area contributed by atoms with Crippen molar-refractivity contribution in [3.63, 3.8) is 0 Å². The van der Waals surface area contributed by atoms with Gasteiger partial charge in [0, 0.05) is 0 Å². The van der Waals surface area contributed by atoms with Crippen molar-refractivity contribution in [3.8, 4) is 0 Å². The maximum atomic E-state index is 5.17. The third kappa shape index (κ3) is 0.540. The summed E-state index contributed by atoms with van der Waals surface area (Å²) in [6, 6.07) is 0. The Kier molecular flexibility index (Phi) is 0.944. The van der Waals surface area contributed by atoms with Gasteiger partial charge >= 0.3 is 0 Å². The lowest BCUT2D eigenvalue weighted by molar-refractivity contribution is 0.594. The Labute approximate surface area is 55.3 Å². The van der Waals surface area contributed by atoms with Crippen LogP contribution >= 0.6 is 12.2 Å². The van der Waals surface area contributed by atoms with Crippen LogP contribution in [0.2, 0.25) is 0 Å². The van der Waals surface area contributed by atoms with Gasteiger partial charge in [-0.15, -0.1) is 0 Å². The minimum atomic E-state index is 0.870. The quantitative estimate of drug-likeness (QED) is 0.448. The number of hydrogen-bond acceptors (Lipinski definition) is 1.